The third-order valence-corrected chi connectivity index (χ3v) is 4.69. The molecule has 4 nitrogen and oxygen atoms in total. The zero-order chi connectivity index (χ0) is 14.2. The Bertz CT molecular complexity index is 303. The summed E-state index contributed by atoms with van der Waals surface area (Å²) >= 11 is 0. The average Bonchev–Trinajstić information content (AvgIpc) is 2.52. The van der Waals surface area contributed by atoms with E-state index in [9.17, 15) is 0 Å². The van der Waals surface area contributed by atoms with E-state index in [0.717, 1.165) is 25.6 Å². The molecule has 0 amide bonds. The van der Waals surface area contributed by atoms with Crippen LogP contribution in [0.3, 0.4) is 0 Å². The van der Waals surface area contributed by atoms with Crippen LogP contribution in [0.4, 0.5) is 0 Å². The van der Waals surface area contributed by atoms with E-state index in [1.54, 1.807) is 0 Å². The molecule has 1 atom stereocenters. The number of aliphatic imine (C=N–C) groups is 1. The maximum absolute atomic E-state index is 6.17. The quantitative estimate of drug-likeness (QED) is 0.432. The fourth-order valence-corrected chi connectivity index (χ4v) is 3.34. The van der Waals surface area contributed by atoms with Crippen molar-refractivity contribution in [2.24, 2.45) is 10.7 Å². The van der Waals surface area contributed by atoms with Crippen LogP contribution in [0.1, 0.15) is 58.3 Å². The number of piperidine rings is 2. The molecule has 0 spiro atoms. The molecule has 0 radical (unpaired) electrons. The van der Waals surface area contributed by atoms with Crippen LogP contribution in [-0.2, 0) is 0 Å². The number of halogens is 1. The molecule has 2 saturated heterocycles. The first-order valence-electron chi connectivity index (χ1n) is 8.60. The number of nitrogens with two attached hydrogens (primary N) is 1. The molecule has 2 heterocycles. The Morgan fingerprint density at radius 3 is 2.52 bits per heavy atom. The van der Waals surface area contributed by atoms with Crippen LogP contribution in [0.2, 0.25) is 0 Å². The van der Waals surface area contributed by atoms with E-state index in [1.165, 1.54) is 64.5 Å². The average molecular weight is 408 g/mol. The number of likely N-dealkylation sites (tertiary alicyclic amines) is 2. The highest BCUT2D eigenvalue weighted by molar-refractivity contribution is 14.0. The minimum atomic E-state index is 0. The Balaban J connectivity index is 0.00000220. The molecule has 21 heavy (non-hydrogen) atoms. The highest BCUT2D eigenvalue weighted by atomic mass is 127. The summed E-state index contributed by atoms with van der Waals surface area (Å²) in [6.45, 7) is 7.85. The molecule has 0 aromatic heterocycles. The molecule has 2 N–H and O–H groups in total. The number of unbranched alkanes of at least 4 members (excludes halogenated alkanes) is 1. The van der Waals surface area contributed by atoms with Gasteiger partial charge in [-0.3, -0.25) is 9.89 Å². The van der Waals surface area contributed by atoms with Gasteiger partial charge in [-0.25, -0.2) is 0 Å². The first kappa shape index (κ1) is 19.0. The Morgan fingerprint density at radius 2 is 1.81 bits per heavy atom. The minimum Gasteiger partial charge on any atom is -0.370 e. The summed E-state index contributed by atoms with van der Waals surface area (Å²) in [5, 5.41) is 0. The largest absolute Gasteiger partial charge is 0.370 e. The lowest BCUT2D eigenvalue weighted by Crippen LogP contribution is -2.44. The van der Waals surface area contributed by atoms with Gasteiger partial charge in [0.15, 0.2) is 5.96 Å². The van der Waals surface area contributed by atoms with Crippen molar-refractivity contribution < 1.29 is 0 Å². The van der Waals surface area contributed by atoms with Crippen molar-refractivity contribution >= 4 is 29.9 Å². The summed E-state index contributed by atoms with van der Waals surface area (Å²) in [5.41, 5.74) is 6.17. The van der Waals surface area contributed by atoms with Crippen LogP contribution in [0, 0.1) is 0 Å². The summed E-state index contributed by atoms with van der Waals surface area (Å²) in [6, 6.07) is 0.624. The highest BCUT2D eigenvalue weighted by Gasteiger charge is 2.22. The van der Waals surface area contributed by atoms with Crippen LogP contribution in [0.5, 0.6) is 0 Å². The van der Waals surface area contributed by atoms with Gasteiger partial charge in [0.2, 0.25) is 0 Å². The molecule has 1 unspecified atom stereocenters. The summed E-state index contributed by atoms with van der Waals surface area (Å²) in [5.74, 6) is 0.783. The predicted molar refractivity (Wildman–Crippen MR) is 101 cm³/mol. The lowest BCUT2D eigenvalue weighted by atomic mass is 10.0. The van der Waals surface area contributed by atoms with Gasteiger partial charge in [-0.05, 0) is 51.6 Å². The molecule has 0 aromatic carbocycles. The van der Waals surface area contributed by atoms with E-state index >= 15 is 0 Å². The van der Waals surface area contributed by atoms with Gasteiger partial charge in [0.05, 0.1) is 6.54 Å². The third-order valence-electron chi connectivity index (χ3n) is 4.69. The smallest absolute Gasteiger partial charge is 0.191 e. The van der Waals surface area contributed by atoms with E-state index in [0.29, 0.717) is 6.04 Å². The number of rotatable bonds is 5. The van der Waals surface area contributed by atoms with Gasteiger partial charge >= 0.3 is 0 Å². The second kappa shape index (κ2) is 10.6. The second-order valence-corrected chi connectivity index (χ2v) is 6.29. The van der Waals surface area contributed by atoms with Crippen LogP contribution < -0.4 is 5.73 Å². The SMILES string of the molecule is CCCCN1CCCCC1CN=C(N)N1CCCCC1.I. The molecule has 5 heteroatoms. The van der Waals surface area contributed by atoms with Crippen molar-refractivity contribution in [3.63, 3.8) is 0 Å². The van der Waals surface area contributed by atoms with E-state index in [4.69, 9.17) is 10.7 Å². The van der Waals surface area contributed by atoms with E-state index < -0.39 is 0 Å². The van der Waals surface area contributed by atoms with Gasteiger partial charge in [0.25, 0.3) is 0 Å². The first-order chi connectivity index (χ1) is 9.81. The highest BCUT2D eigenvalue weighted by Crippen LogP contribution is 2.18. The molecule has 0 bridgehead atoms. The lowest BCUT2D eigenvalue weighted by molar-refractivity contribution is 0.151. The molecule has 2 fully saturated rings. The number of nitrogens with zero attached hydrogens (tertiary/aromatic N) is 3. The monoisotopic (exact) mass is 408 g/mol. The molecule has 0 aliphatic carbocycles. The molecule has 0 aromatic rings. The van der Waals surface area contributed by atoms with Gasteiger partial charge in [0, 0.05) is 19.1 Å². The summed E-state index contributed by atoms with van der Waals surface area (Å²) < 4.78 is 0. The normalized spacial score (nSPS) is 24.7. The van der Waals surface area contributed by atoms with Gasteiger partial charge in [-0.15, -0.1) is 24.0 Å². The standard InChI is InChI=1S/C16H32N4.HI/c1-2-3-10-19-11-8-5-9-15(19)14-18-16(17)20-12-6-4-7-13-20;/h15H,2-14H2,1H3,(H2,17,18);1H. The summed E-state index contributed by atoms with van der Waals surface area (Å²) in [4.78, 5) is 9.61. The molecule has 2 aliphatic heterocycles. The zero-order valence-electron chi connectivity index (χ0n) is 13.6. The Kier molecular flexibility index (Phi) is 9.64. The van der Waals surface area contributed by atoms with E-state index in [-0.39, 0.29) is 24.0 Å². The Hall–Kier alpha value is -0.0400. The van der Waals surface area contributed by atoms with Crippen molar-refractivity contribution in [1.82, 2.24) is 9.80 Å². The van der Waals surface area contributed by atoms with Crippen molar-refractivity contribution in [1.29, 1.82) is 0 Å². The first-order valence-corrected chi connectivity index (χ1v) is 8.60. The maximum atomic E-state index is 6.17. The van der Waals surface area contributed by atoms with E-state index in [2.05, 4.69) is 16.7 Å². The minimum absolute atomic E-state index is 0. The predicted octanol–water partition coefficient (Wildman–Crippen LogP) is 3.06. The maximum Gasteiger partial charge on any atom is 0.191 e. The lowest BCUT2D eigenvalue weighted by Gasteiger charge is -2.35. The van der Waals surface area contributed by atoms with Gasteiger partial charge < -0.3 is 10.6 Å². The van der Waals surface area contributed by atoms with Gasteiger partial charge in [-0.1, -0.05) is 19.8 Å². The summed E-state index contributed by atoms with van der Waals surface area (Å²) in [6.07, 6.45) is 10.5. The van der Waals surface area contributed by atoms with Crippen LogP contribution in [0.15, 0.2) is 4.99 Å². The molecule has 2 aliphatic rings. The molecular weight excluding hydrogens is 375 g/mol. The van der Waals surface area contributed by atoms with Crippen molar-refractivity contribution in [2.75, 3.05) is 32.7 Å². The third kappa shape index (κ3) is 6.30. The van der Waals surface area contributed by atoms with Crippen LogP contribution in [0.25, 0.3) is 0 Å². The number of hydrogen-bond donors (Lipinski definition) is 1. The molecule has 0 saturated carbocycles. The van der Waals surface area contributed by atoms with Crippen molar-refractivity contribution in [3.05, 3.63) is 0 Å². The van der Waals surface area contributed by atoms with Gasteiger partial charge in [0.1, 0.15) is 0 Å². The second-order valence-electron chi connectivity index (χ2n) is 6.29. The molecule has 2 rings (SSSR count). The molecular formula is C16H33IN4. The fourth-order valence-electron chi connectivity index (χ4n) is 3.34. The fraction of sp³-hybridized carbons (Fsp3) is 0.938. The van der Waals surface area contributed by atoms with Crippen LogP contribution in [-0.4, -0.2) is 54.5 Å². The van der Waals surface area contributed by atoms with Crippen molar-refractivity contribution in [2.45, 2.75) is 64.3 Å². The number of hydrogen-bond acceptors (Lipinski definition) is 2. The Labute approximate surface area is 147 Å². The van der Waals surface area contributed by atoms with Crippen molar-refractivity contribution in [3.8, 4) is 0 Å². The summed E-state index contributed by atoms with van der Waals surface area (Å²) in [7, 11) is 0. The van der Waals surface area contributed by atoms with Crippen LogP contribution >= 0.6 is 24.0 Å². The molecule has 124 valence electrons. The topological polar surface area (TPSA) is 44.9 Å². The number of guanidine groups is 1. The Morgan fingerprint density at radius 1 is 1.10 bits per heavy atom. The zero-order valence-corrected chi connectivity index (χ0v) is 15.9. The van der Waals surface area contributed by atoms with Gasteiger partial charge in [-0.2, -0.15) is 0 Å². The van der Waals surface area contributed by atoms with E-state index in [1.807, 2.05) is 0 Å².